The first-order valence-electron chi connectivity index (χ1n) is 4.37. The highest BCUT2D eigenvalue weighted by molar-refractivity contribution is 6.05. The summed E-state index contributed by atoms with van der Waals surface area (Å²) >= 11 is 0. The van der Waals surface area contributed by atoms with Crippen LogP contribution in [0.15, 0.2) is 0 Å². The van der Waals surface area contributed by atoms with E-state index in [9.17, 15) is 14.4 Å². The fourth-order valence-corrected chi connectivity index (χ4v) is 1.39. The number of primary amides is 1. The molecule has 2 unspecified atom stereocenters. The monoisotopic (exact) mass is 199 g/mol. The van der Waals surface area contributed by atoms with E-state index >= 15 is 0 Å². The number of rotatable bonds is 4. The van der Waals surface area contributed by atoms with Crippen LogP contribution in [0.3, 0.4) is 0 Å². The lowest BCUT2D eigenvalue weighted by molar-refractivity contribution is -0.125. The third-order valence-corrected chi connectivity index (χ3v) is 1.96. The Labute approximate surface area is 81.2 Å². The molecule has 0 spiro atoms. The second-order valence-corrected chi connectivity index (χ2v) is 3.41. The Hall–Kier alpha value is -1.43. The van der Waals surface area contributed by atoms with Crippen LogP contribution >= 0.6 is 0 Å². The van der Waals surface area contributed by atoms with E-state index in [1.165, 1.54) is 0 Å². The van der Waals surface area contributed by atoms with Crippen molar-refractivity contribution in [1.82, 2.24) is 10.6 Å². The molecule has 3 amide bonds. The average Bonchev–Trinajstić information content (AvgIpc) is 2.28. The maximum atomic E-state index is 11.1. The normalized spacial score (nSPS) is 23.4. The van der Waals surface area contributed by atoms with Crippen LogP contribution in [0, 0.1) is 0 Å². The standard InChI is InChI=1S/C8H13N3O3/c1-4(2-6(9)12)10-5-3-7(13)11-8(5)14/h4-5,10H,2-3H2,1H3,(H2,9,12)(H,11,13,14). The molecule has 0 aromatic carbocycles. The first-order valence-corrected chi connectivity index (χ1v) is 4.37. The molecule has 0 radical (unpaired) electrons. The van der Waals surface area contributed by atoms with Crippen molar-refractivity contribution in [2.45, 2.75) is 31.8 Å². The highest BCUT2D eigenvalue weighted by Crippen LogP contribution is 2.03. The number of imide groups is 1. The molecule has 2 atom stereocenters. The molecule has 1 saturated heterocycles. The number of hydrogen-bond donors (Lipinski definition) is 3. The van der Waals surface area contributed by atoms with Crippen LogP contribution in [0.1, 0.15) is 19.8 Å². The van der Waals surface area contributed by atoms with Crippen molar-refractivity contribution in [3.63, 3.8) is 0 Å². The predicted molar refractivity (Wildman–Crippen MR) is 48.0 cm³/mol. The lowest BCUT2D eigenvalue weighted by atomic mass is 10.1. The summed E-state index contributed by atoms with van der Waals surface area (Å²) in [5, 5.41) is 5.03. The summed E-state index contributed by atoms with van der Waals surface area (Å²) in [6.07, 6.45) is 0.278. The number of amides is 3. The Balaban J connectivity index is 2.40. The SMILES string of the molecule is CC(CC(N)=O)NC1CC(=O)NC1=O. The van der Waals surface area contributed by atoms with E-state index in [-0.39, 0.29) is 30.7 Å². The topological polar surface area (TPSA) is 101 Å². The van der Waals surface area contributed by atoms with E-state index in [0.29, 0.717) is 0 Å². The Morgan fingerprint density at radius 1 is 1.71 bits per heavy atom. The summed E-state index contributed by atoms with van der Waals surface area (Å²) in [6, 6.07) is -0.731. The molecule has 0 saturated carbocycles. The fourth-order valence-electron chi connectivity index (χ4n) is 1.39. The Kier molecular flexibility index (Phi) is 3.19. The Bertz CT molecular complexity index is 277. The molecule has 78 valence electrons. The first kappa shape index (κ1) is 10.6. The third kappa shape index (κ3) is 2.81. The quantitative estimate of drug-likeness (QED) is 0.467. The van der Waals surface area contributed by atoms with Crippen LogP contribution < -0.4 is 16.4 Å². The van der Waals surface area contributed by atoms with Gasteiger partial charge in [0.05, 0.1) is 12.5 Å². The largest absolute Gasteiger partial charge is 0.370 e. The zero-order valence-electron chi connectivity index (χ0n) is 7.87. The maximum Gasteiger partial charge on any atom is 0.244 e. The van der Waals surface area contributed by atoms with Gasteiger partial charge in [0.2, 0.25) is 17.7 Å². The van der Waals surface area contributed by atoms with Gasteiger partial charge in [-0.15, -0.1) is 0 Å². The average molecular weight is 199 g/mol. The lowest BCUT2D eigenvalue weighted by Gasteiger charge is -2.15. The molecule has 1 heterocycles. The fraction of sp³-hybridized carbons (Fsp3) is 0.625. The van der Waals surface area contributed by atoms with Gasteiger partial charge in [-0.1, -0.05) is 0 Å². The van der Waals surface area contributed by atoms with E-state index < -0.39 is 11.9 Å². The van der Waals surface area contributed by atoms with Crippen LogP contribution in [0.4, 0.5) is 0 Å². The van der Waals surface area contributed by atoms with Crippen LogP contribution in [-0.2, 0) is 14.4 Å². The molecule has 0 aromatic rings. The molecule has 14 heavy (non-hydrogen) atoms. The summed E-state index contributed by atoms with van der Waals surface area (Å²) in [5.41, 5.74) is 4.98. The van der Waals surface area contributed by atoms with Gasteiger partial charge >= 0.3 is 0 Å². The minimum Gasteiger partial charge on any atom is -0.370 e. The summed E-state index contributed by atoms with van der Waals surface area (Å²) < 4.78 is 0. The van der Waals surface area contributed by atoms with Gasteiger partial charge < -0.3 is 11.1 Å². The molecule has 6 nitrogen and oxygen atoms in total. The van der Waals surface area contributed by atoms with Crippen LogP contribution in [-0.4, -0.2) is 29.8 Å². The van der Waals surface area contributed by atoms with Gasteiger partial charge in [-0.2, -0.15) is 0 Å². The molecule has 1 aliphatic rings. The minimum absolute atomic E-state index is 0.127. The number of nitrogens with one attached hydrogen (secondary N) is 2. The van der Waals surface area contributed by atoms with E-state index in [1.807, 2.05) is 0 Å². The van der Waals surface area contributed by atoms with Gasteiger partial charge in [-0.3, -0.25) is 19.7 Å². The number of nitrogens with two attached hydrogens (primary N) is 1. The number of hydrogen-bond acceptors (Lipinski definition) is 4. The summed E-state index contributed by atoms with van der Waals surface area (Å²) in [5.74, 6) is -1.07. The summed E-state index contributed by atoms with van der Waals surface area (Å²) in [7, 11) is 0. The maximum absolute atomic E-state index is 11.1. The molecule has 1 rings (SSSR count). The minimum atomic E-state index is -0.531. The van der Waals surface area contributed by atoms with Crippen molar-refractivity contribution in [2.75, 3.05) is 0 Å². The predicted octanol–water partition coefficient (Wildman–Crippen LogP) is -1.74. The molecule has 1 aliphatic heterocycles. The Morgan fingerprint density at radius 2 is 2.36 bits per heavy atom. The highest BCUT2D eigenvalue weighted by atomic mass is 16.2. The van der Waals surface area contributed by atoms with E-state index in [2.05, 4.69) is 10.6 Å². The molecule has 6 heteroatoms. The molecule has 1 fully saturated rings. The molecular formula is C8H13N3O3. The third-order valence-electron chi connectivity index (χ3n) is 1.96. The van der Waals surface area contributed by atoms with Crippen molar-refractivity contribution >= 4 is 17.7 Å². The van der Waals surface area contributed by atoms with Crippen molar-refractivity contribution in [3.05, 3.63) is 0 Å². The second kappa shape index (κ2) is 4.19. The van der Waals surface area contributed by atoms with E-state index in [4.69, 9.17) is 5.73 Å². The van der Waals surface area contributed by atoms with E-state index in [1.54, 1.807) is 6.92 Å². The van der Waals surface area contributed by atoms with Crippen LogP contribution in [0.25, 0.3) is 0 Å². The molecule has 0 aliphatic carbocycles. The zero-order valence-corrected chi connectivity index (χ0v) is 7.87. The zero-order chi connectivity index (χ0) is 10.7. The smallest absolute Gasteiger partial charge is 0.244 e. The van der Waals surface area contributed by atoms with Crippen LogP contribution in [0.2, 0.25) is 0 Å². The van der Waals surface area contributed by atoms with Gasteiger partial charge in [0.25, 0.3) is 0 Å². The molecule has 4 N–H and O–H groups in total. The van der Waals surface area contributed by atoms with Crippen molar-refractivity contribution in [2.24, 2.45) is 5.73 Å². The summed E-state index contributed by atoms with van der Waals surface area (Å²) in [6.45, 7) is 1.74. The second-order valence-electron chi connectivity index (χ2n) is 3.41. The molecule has 0 bridgehead atoms. The van der Waals surface area contributed by atoms with Gasteiger partial charge in [-0.05, 0) is 6.92 Å². The van der Waals surface area contributed by atoms with Crippen molar-refractivity contribution < 1.29 is 14.4 Å². The highest BCUT2D eigenvalue weighted by Gasteiger charge is 2.31. The molecule has 0 aromatic heterocycles. The van der Waals surface area contributed by atoms with E-state index in [0.717, 1.165) is 0 Å². The first-order chi connectivity index (χ1) is 6.49. The van der Waals surface area contributed by atoms with Gasteiger partial charge in [0, 0.05) is 12.5 Å². The van der Waals surface area contributed by atoms with Gasteiger partial charge in [0.1, 0.15) is 0 Å². The number of carbonyl (C=O) groups is 3. The van der Waals surface area contributed by atoms with Gasteiger partial charge in [0.15, 0.2) is 0 Å². The van der Waals surface area contributed by atoms with Crippen LogP contribution in [0.5, 0.6) is 0 Å². The lowest BCUT2D eigenvalue weighted by Crippen LogP contribution is -2.42. The summed E-state index contributed by atoms with van der Waals surface area (Å²) in [4.78, 5) is 32.4. The molecular weight excluding hydrogens is 186 g/mol. The van der Waals surface area contributed by atoms with Crippen molar-refractivity contribution in [3.8, 4) is 0 Å². The van der Waals surface area contributed by atoms with Gasteiger partial charge in [-0.25, -0.2) is 0 Å². The van der Waals surface area contributed by atoms with Crippen molar-refractivity contribution in [1.29, 1.82) is 0 Å². The number of carbonyl (C=O) groups excluding carboxylic acids is 3. The Morgan fingerprint density at radius 3 is 2.79 bits per heavy atom.